The molecule has 1 atom stereocenters. The Morgan fingerprint density at radius 3 is 3.25 bits per heavy atom. The first-order valence-corrected chi connectivity index (χ1v) is 5.58. The Bertz CT molecular complexity index is 306. The molecule has 64 valence electrons. The molecule has 0 bridgehead atoms. The van der Waals surface area contributed by atoms with Crippen LogP contribution in [-0.4, -0.2) is 16.8 Å². The number of carbonyl (C=O) groups is 1. The van der Waals surface area contributed by atoms with Crippen LogP contribution in [0.25, 0.3) is 0 Å². The zero-order valence-electron chi connectivity index (χ0n) is 6.32. The van der Waals surface area contributed by atoms with E-state index in [1.807, 2.05) is 11.4 Å². The quantitative estimate of drug-likeness (QED) is 0.756. The first-order chi connectivity index (χ1) is 5.79. The highest BCUT2D eigenvalue weighted by molar-refractivity contribution is 8.01. The Balaban J connectivity index is 2.37. The molecule has 1 unspecified atom stereocenters. The number of aliphatic carboxylic acids is 1. The van der Waals surface area contributed by atoms with E-state index >= 15 is 0 Å². The van der Waals surface area contributed by atoms with Crippen LogP contribution >= 0.6 is 23.1 Å². The molecular formula is C8H8O2S2. The van der Waals surface area contributed by atoms with Crippen molar-refractivity contribution >= 4 is 29.1 Å². The van der Waals surface area contributed by atoms with E-state index in [2.05, 4.69) is 0 Å². The molecule has 12 heavy (non-hydrogen) atoms. The molecule has 0 amide bonds. The maximum Gasteiger partial charge on any atom is 0.311 e. The maximum absolute atomic E-state index is 10.8. The van der Waals surface area contributed by atoms with Crippen LogP contribution in [0.5, 0.6) is 0 Å². The van der Waals surface area contributed by atoms with Gasteiger partial charge in [0.2, 0.25) is 0 Å². The lowest BCUT2D eigenvalue weighted by Gasteiger charge is -2.17. The highest BCUT2D eigenvalue weighted by Crippen LogP contribution is 2.40. The fourth-order valence-corrected chi connectivity index (χ4v) is 3.65. The first kappa shape index (κ1) is 8.13. The van der Waals surface area contributed by atoms with Crippen LogP contribution in [0, 0.1) is 0 Å². The smallest absolute Gasteiger partial charge is 0.311 e. The van der Waals surface area contributed by atoms with Gasteiger partial charge in [-0.25, -0.2) is 0 Å². The molecule has 0 saturated heterocycles. The SMILES string of the molecule is O=C(O)C1CCSc2sccc21. The highest BCUT2D eigenvalue weighted by atomic mass is 32.2. The van der Waals surface area contributed by atoms with Gasteiger partial charge in [-0.2, -0.15) is 0 Å². The maximum atomic E-state index is 10.8. The lowest BCUT2D eigenvalue weighted by Crippen LogP contribution is -2.15. The van der Waals surface area contributed by atoms with Crippen LogP contribution in [0.2, 0.25) is 0 Å². The summed E-state index contributed by atoms with van der Waals surface area (Å²) in [6, 6.07) is 1.94. The molecule has 1 aliphatic rings. The Hall–Kier alpha value is -0.480. The monoisotopic (exact) mass is 200 g/mol. The standard InChI is InChI=1S/C8H8O2S2/c9-7(10)5-1-3-11-8-6(5)2-4-12-8/h2,4-5H,1,3H2,(H,9,10). The zero-order valence-corrected chi connectivity index (χ0v) is 7.95. The molecule has 0 saturated carbocycles. The van der Waals surface area contributed by atoms with Crippen LogP contribution in [0.3, 0.4) is 0 Å². The van der Waals surface area contributed by atoms with Gasteiger partial charge >= 0.3 is 5.97 Å². The molecule has 4 heteroatoms. The van der Waals surface area contributed by atoms with Crippen molar-refractivity contribution in [2.75, 3.05) is 5.75 Å². The summed E-state index contributed by atoms with van der Waals surface area (Å²) in [6.07, 6.45) is 0.768. The summed E-state index contributed by atoms with van der Waals surface area (Å²) in [5.74, 6) is -0.00718. The average molecular weight is 200 g/mol. The third-order valence-corrected chi connectivity index (χ3v) is 4.27. The molecule has 1 N–H and O–H groups in total. The van der Waals surface area contributed by atoms with Crippen molar-refractivity contribution in [3.63, 3.8) is 0 Å². The molecule has 0 aliphatic carbocycles. The van der Waals surface area contributed by atoms with Gasteiger partial charge in [0.15, 0.2) is 0 Å². The van der Waals surface area contributed by atoms with Gasteiger partial charge in [0.25, 0.3) is 0 Å². The van der Waals surface area contributed by atoms with E-state index < -0.39 is 5.97 Å². The second-order valence-electron chi connectivity index (χ2n) is 2.69. The molecule has 0 radical (unpaired) electrons. The van der Waals surface area contributed by atoms with Gasteiger partial charge in [0, 0.05) is 0 Å². The fraction of sp³-hybridized carbons (Fsp3) is 0.375. The summed E-state index contributed by atoms with van der Waals surface area (Å²) in [5.41, 5.74) is 1.02. The highest BCUT2D eigenvalue weighted by Gasteiger charge is 2.27. The van der Waals surface area contributed by atoms with Crippen LogP contribution in [-0.2, 0) is 4.79 Å². The van der Waals surface area contributed by atoms with E-state index in [9.17, 15) is 4.79 Å². The van der Waals surface area contributed by atoms with Crippen molar-refractivity contribution in [3.05, 3.63) is 17.0 Å². The molecular weight excluding hydrogens is 192 g/mol. The number of hydrogen-bond acceptors (Lipinski definition) is 3. The number of fused-ring (bicyclic) bond motifs is 1. The Morgan fingerprint density at radius 2 is 2.50 bits per heavy atom. The minimum atomic E-state index is -0.685. The minimum Gasteiger partial charge on any atom is -0.481 e. The Labute approximate surface area is 78.6 Å². The summed E-state index contributed by atoms with van der Waals surface area (Å²) in [6.45, 7) is 0. The fourth-order valence-electron chi connectivity index (χ4n) is 1.36. The number of hydrogen-bond donors (Lipinski definition) is 1. The molecule has 2 nitrogen and oxygen atoms in total. The van der Waals surface area contributed by atoms with Crippen molar-refractivity contribution in [2.45, 2.75) is 16.5 Å². The normalized spacial score (nSPS) is 21.8. The van der Waals surface area contributed by atoms with Crippen molar-refractivity contribution < 1.29 is 9.90 Å². The molecule has 1 aromatic rings. The molecule has 0 fully saturated rings. The number of thioether (sulfide) groups is 1. The zero-order chi connectivity index (χ0) is 8.55. The number of carboxylic acids is 1. The van der Waals surface area contributed by atoms with Crippen LogP contribution in [0.15, 0.2) is 15.7 Å². The van der Waals surface area contributed by atoms with Gasteiger partial charge in [0.05, 0.1) is 10.1 Å². The third kappa shape index (κ3) is 1.25. The number of carboxylic acid groups (broad SMARTS) is 1. The third-order valence-electron chi connectivity index (χ3n) is 1.97. The first-order valence-electron chi connectivity index (χ1n) is 3.72. The minimum absolute atomic E-state index is 0.257. The van der Waals surface area contributed by atoms with Crippen molar-refractivity contribution in [1.29, 1.82) is 0 Å². The van der Waals surface area contributed by atoms with Crippen molar-refractivity contribution in [3.8, 4) is 0 Å². The van der Waals surface area contributed by atoms with E-state index in [4.69, 9.17) is 5.11 Å². The van der Waals surface area contributed by atoms with Crippen molar-refractivity contribution in [1.82, 2.24) is 0 Å². The molecule has 1 aliphatic heterocycles. The lowest BCUT2D eigenvalue weighted by molar-refractivity contribution is -0.138. The summed E-state index contributed by atoms with van der Waals surface area (Å²) in [5, 5.41) is 10.9. The lowest BCUT2D eigenvalue weighted by atomic mass is 9.99. The summed E-state index contributed by atoms with van der Waals surface area (Å²) in [7, 11) is 0. The molecule has 1 aromatic heterocycles. The predicted octanol–water partition coefficient (Wildman–Crippen LogP) is 2.41. The van der Waals surface area contributed by atoms with E-state index in [-0.39, 0.29) is 5.92 Å². The molecule has 2 rings (SSSR count). The Morgan fingerprint density at radius 1 is 1.67 bits per heavy atom. The van der Waals surface area contributed by atoms with Gasteiger partial charge in [0.1, 0.15) is 0 Å². The van der Waals surface area contributed by atoms with Crippen LogP contribution < -0.4 is 0 Å². The Kier molecular flexibility index (Phi) is 2.11. The predicted molar refractivity (Wildman–Crippen MR) is 50.0 cm³/mol. The van der Waals surface area contributed by atoms with Crippen LogP contribution in [0.4, 0.5) is 0 Å². The second kappa shape index (κ2) is 3.11. The largest absolute Gasteiger partial charge is 0.481 e. The number of thiophene rings is 1. The van der Waals surface area contributed by atoms with Gasteiger partial charge in [-0.1, -0.05) is 0 Å². The molecule has 2 heterocycles. The molecule has 0 aromatic carbocycles. The van der Waals surface area contributed by atoms with E-state index in [1.54, 1.807) is 23.1 Å². The summed E-state index contributed by atoms with van der Waals surface area (Å²) in [4.78, 5) is 10.8. The molecule has 0 spiro atoms. The topological polar surface area (TPSA) is 37.3 Å². The second-order valence-corrected chi connectivity index (χ2v) is 4.97. The van der Waals surface area contributed by atoms with E-state index in [1.165, 1.54) is 4.21 Å². The van der Waals surface area contributed by atoms with E-state index in [0.717, 1.165) is 17.7 Å². The van der Waals surface area contributed by atoms with Gasteiger partial charge in [-0.3, -0.25) is 4.79 Å². The van der Waals surface area contributed by atoms with E-state index in [0.29, 0.717) is 0 Å². The van der Waals surface area contributed by atoms with Gasteiger partial charge in [-0.15, -0.1) is 23.1 Å². The summed E-state index contributed by atoms with van der Waals surface area (Å²) >= 11 is 3.42. The number of rotatable bonds is 1. The van der Waals surface area contributed by atoms with Gasteiger partial charge < -0.3 is 5.11 Å². The van der Waals surface area contributed by atoms with Gasteiger partial charge in [-0.05, 0) is 29.2 Å². The average Bonchev–Trinajstić information content (AvgIpc) is 2.49. The van der Waals surface area contributed by atoms with Crippen LogP contribution in [0.1, 0.15) is 17.9 Å². The summed E-state index contributed by atoms with van der Waals surface area (Å²) < 4.78 is 1.19. The van der Waals surface area contributed by atoms with Crippen molar-refractivity contribution in [2.24, 2.45) is 0 Å².